The highest BCUT2D eigenvalue weighted by Gasteiger charge is 2.21. The van der Waals surface area contributed by atoms with Crippen LogP contribution in [0.2, 0.25) is 0 Å². The molecular weight excluding hydrogens is 254 g/mol. The van der Waals surface area contributed by atoms with E-state index in [9.17, 15) is 0 Å². The molecule has 6 nitrogen and oxygen atoms in total. The van der Waals surface area contributed by atoms with Crippen LogP contribution in [0.1, 0.15) is 45.4 Å². The number of hydrogen-bond acceptors (Lipinski definition) is 6. The zero-order valence-corrected chi connectivity index (χ0v) is 12.4. The second-order valence-corrected chi connectivity index (χ2v) is 5.35. The van der Waals surface area contributed by atoms with Gasteiger partial charge in [-0.05, 0) is 25.7 Å². The Labute approximate surface area is 120 Å². The molecule has 1 aliphatic carbocycles. The Kier molecular flexibility index (Phi) is 5.55. The summed E-state index contributed by atoms with van der Waals surface area (Å²) in [4.78, 5) is 8.79. The fraction of sp³-hybridized carbons (Fsp3) is 0.714. The molecule has 0 bridgehead atoms. The van der Waals surface area contributed by atoms with Crippen LogP contribution in [-0.2, 0) is 11.3 Å². The zero-order valence-electron chi connectivity index (χ0n) is 12.4. The fourth-order valence-electron chi connectivity index (χ4n) is 2.62. The van der Waals surface area contributed by atoms with E-state index < -0.39 is 0 Å². The number of hydrogen-bond donors (Lipinski definition) is 3. The van der Waals surface area contributed by atoms with E-state index in [1.807, 2.05) is 13.0 Å². The van der Waals surface area contributed by atoms with Crippen LogP contribution >= 0.6 is 0 Å². The summed E-state index contributed by atoms with van der Waals surface area (Å²) >= 11 is 0. The van der Waals surface area contributed by atoms with Crippen molar-refractivity contribution in [2.75, 3.05) is 17.3 Å². The second-order valence-electron chi connectivity index (χ2n) is 5.35. The summed E-state index contributed by atoms with van der Waals surface area (Å²) in [5.41, 5.74) is 2.59. The minimum Gasteiger partial charge on any atom is -0.374 e. The number of aromatic nitrogens is 2. The topological polar surface area (TPSA) is 85.1 Å². The molecule has 1 saturated carbocycles. The molecule has 2 unspecified atom stereocenters. The predicted octanol–water partition coefficient (Wildman–Crippen LogP) is 2.29. The summed E-state index contributed by atoms with van der Waals surface area (Å²) in [6.07, 6.45) is 5.07. The number of anilines is 2. The summed E-state index contributed by atoms with van der Waals surface area (Å²) in [5.74, 6) is 8.22. The van der Waals surface area contributed by atoms with Gasteiger partial charge in [-0.1, -0.05) is 19.8 Å². The van der Waals surface area contributed by atoms with Crippen molar-refractivity contribution in [1.82, 2.24) is 9.97 Å². The van der Waals surface area contributed by atoms with E-state index in [1.54, 1.807) is 0 Å². The Hall–Kier alpha value is -1.40. The first-order valence-electron chi connectivity index (χ1n) is 7.41. The summed E-state index contributed by atoms with van der Waals surface area (Å²) in [5, 5.41) is 3.52. The van der Waals surface area contributed by atoms with Gasteiger partial charge in [-0.2, -0.15) is 0 Å². The van der Waals surface area contributed by atoms with Gasteiger partial charge in [-0.25, -0.2) is 15.8 Å². The van der Waals surface area contributed by atoms with Crippen molar-refractivity contribution in [1.29, 1.82) is 0 Å². The average Bonchev–Trinajstić information content (AvgIpc) is 2.47. The maximum Gasteiger partial charge on any atom is 0.158 e. The van der Waals surface area contributed by atoms with Crippen molar-refractivity contribution >= 4 is 11.6 Å². The highest BCUT2D eigenvalue weighted by atomic mass is 16.5. The van der Waals surface area contributed by atoms with E-state index >= 15 is 0 Å². The molecule has 6 heteroatoms. The van der Waals surface area contributed by atoms with Gasteiger partial charge < -0.3 is 15.5 Å². The highest BCUT2D eigenvalue weighted by Crippen LogP contribution is 2.26. The van der Waals surface area contributed by atoms with Gasteiger partial charge in [0.05, 0.1) is 0 Å². The number of ether oxygens (including phenoxy) is 1. The lowest BCUT2D eigenvalue weighted by molar-refractivity contribution is 0.128. The lowest BCUT2D eigenvalue weighted by Gasteiger charge is -2.30. The molecule has 0 spiro atoms. The van der Waals surface area contributed by atoms with Gasteiger partial charge in [0, 0.05) is 18.7 Å². The van der Waals surface area contributed by atoms with Crippen molar-refractivity contribution in [2.45, 2.75) is 52.2 Å². The van der Waals surface area contributed by atoms with Crippen LogP contribution < -0.4 is 16.6 Å². The molecule has 1 aromatic rings. The van der Waals surface area contributed by atoms with E-state index in [0.717, 1.165) is 5.82 Å². The van der Waals surface area contributed by atoms with Crippen molar-refractivity contribution < 1.29 is 4.74 Å². The van der Waals surface area contributed by atoms with E-state index in [0.29, 0.717) is 36.8 Å². The van der Waals surface area contributed by atoms with Crippen LogP contribution in [0.5, 0.6) is 0 Å². The number of hydrazine groups is 1. The Morgan fingerprint density at radius 3 is 2.75 bits per heavy atom. The van der Waals surface area contributed by atoms with Crippen LogP contribution in [0.3, 0.4) is 0 Å². The molecule has 1 fully saturated rings. The molecule has 1 aromatic heterocycles. The zero-order chi connectivity index (χ0) is 14.4. The third-order valence-corrected chi connectivity index (χ3v) is 3.80. The quantitative estimate of drug-likeness (QED) is 0.547. The molecule has 112 valence electrons. The van der Waals surface area contributed by atoms with Gasteiger partial charge in [-0.3, -0.25) is 0 Å². The molecule has 0 aromatic carbocycles. The number of rotatable bonds is 6. The van der Waals surface area contributed by atoms with Crippen LogP contribution in [0, 0.1) is 5.92 Å². The van der Waals surface area contributed by atoms with Gasteiger partial charge in [0.1, 0.15) is 18.2 Å². The molecule has 20 heavy (non-hydrogen) atoms. The number of nitrogens with one attached hydrogen (secondary N) is 2. The van der Waals surface area contributed by atoms with Gasteiger partial charge >= 0.3 is 0 Å². The fourth-order valence-corrected chi connectivity index (χ4v) is 2.62. The van der Waals surface area contributed by atoms with Crippen LogP contribution in [0.4, 0.5) is 11.6 Å². The number of nitrogens with two attached hydrogens (primary N) is 1. The van der Waals surface area contributed by atoms with E-state index in [-0.39, 0.29) is 0 Å². The average molecular weight is 279 g/mol. The second kappa shape index (κ2) is 7.40. The monoisotopic (exact) mass is 279 g/mol. The first-order valence-corrected chi connectivity index (χ1v) is 7.41. The maximum absolute atomic E-state index is 5.47. The Morgan fingerprint density at radius 2 is 2.05 bits per heavy atom. The largest absolute Gasteiger partial charge is 0.374 e. The first kappa shape index (κ1) is 15.0. The lowest BCUT2D eigenvalue weighted by Crippen LogP contribution is -2.31. The van der Waals surface area contributed by atoms with Crippen LogP contribution in [0.15, 0.2) is 6.07 Å². The minimum atomic E-state index is 0.404. The van der Waals surface area contributed by atoms with Gasteiger partial charge in [-0.15, -0.1) is 0 Å². The smallest absolute Gasteiger partial charge is 0.158 e. The summed E-state index contributed by atoms with van der Waals surface area (Å²) in [6.45, 7) is 5.29. The van der Waals surface area contributed by atoms with Gasteiger partial charge in [0.15, 0.2) is 5.82 Å². The molecule has 0 aliphatic heterocycles. The highest BCUT2D eigenvalue weighted by molar-refractivity contribution is 5.47. The van der Waals surface area contributed by atoms with Crippen molar-refractivity contribution in [3.63, 3.8) is 0 Å². The summed E-state index contributed by atoms with van der Waals surface area (Å²) in [6, 6.07) is 2.32. The first-order chi connectivity index (χ1) is 9.72. The molecule has 2 rings (SSSR count). The third-order valence-electron chi connectivity index (χ3n) is 3.80. The molecule has 4 N–H and O–H groups in total. The summed E-state index contributed by atoms with van der Waals surface area (Å²) in [7, 11) is 0. The minimum absolute atomic E-state index is 0.404. The van der Waals surface area contributed by atoms with E-state index in [4.69, 9.17) is 10.6 Å². The van der Waals surface area contributed by atoms with E-state index in [1.165, 1.54) is 25.7 Å². The molecular formula is C14H25N5O. The number of nitrogen functional groups attached to an aromatic ring is 1. The lowest BCUT2D eigenvalue weighted by atomic mass is 9.86. The maximum atomic E-state index is 5.47. The Balaban J connectivity index is 2.08. The summed E-state index contributed by atoms with van der Waals surface area (Å²) < 4.78 is 5.36. The molecule has 2 atom stereocenters. The third kappa shape index (κ3) is 4.05. The Morgan fingerprint density at radius 1 is 1.30 bits per heavy atom. The van der Waals surface area contributed by atoms with E-state index in [2.05, 4.69) is 27.6 Å². The predicted molar refractivity (Wildman–Crippen MR) is 80.2 cm³/mol. The molecule has 0 saturated heterocycles. The van der Waals surface area contributed by atoms with Gasteiger partial charge in [0.2, 0.25) is 0 Å². The molecule has 0 amide bonds. The van der Waals surface area contributed by atoms with Crippen molar-refractivity contribution in [3.05, 3.63) is 11.9 Å². The standard InChI is InChI=1S/C14H25N5O/c1-3-20-9-14-17-12(8-13(18-14)19-15)16-11-7-5-4-6-10(11)2/h8,10-11H,3-7,9,15H2,1-2H3,(H2,16,17,18,19). The van der Waals surface area contributed by atoms with Crippen molar-refractivity contribution in [2.24, 2.45) is 11.8 Å². The van der Waals surface area contributed by atoms with Crippen molar-refractivity contribution in [3.8, 4) is 0 Å². The van der Waals surface area contributed by atoms with Crippen LogP contribution in [0.25, 0.3) is 0 Å². The van der Waals surface area contributed by atoms with Crippen LogP contribution in [-0.4, -0.2) is 22.6 Å². The number of nitrogens with zero attached hydrogens (tertiary/aromatic N) is 2. The molecule has 1 heterocycles. The van der Waals surface area contributed by atoms with Gasteiger partial charge in [0.25, 0.3) is 0 Å². The molecule has 1 aliphatic rings. The molecule has 0 radical (unpaired) electrons. The normalized spacial score (nSPS) is 22.6. The SMILES string of the molecule is CCOCc1nc(NN)cc(NC2CCCCC2C)n1. The Bertz CT molecular complexity index is 426.